The first kappa shape index (κ1) is 15.5. The van der Waals surface area contributed by atoms with Crippen molar-refractivity contribution in [2.75, 3.05) is 26.7 Å². The topological polar surface area (TPSA) is 43.8 Å². The van der Waals surface area contributed by atoms with E-state index in [0.717, 1.165) is 13.0 Å². The van der Waals surface area contributed by atoms with E-state index in [4.69, 9.17) is 0 Å². The Bertz CT molecular complexity index is 460. The second-order valence-corrected chi connectivity index (χ2v) is 6.98. The molecule has 5 heteroatoms. The molecule has 2 atom stereocenters. The number of aryl methyl sites for hydroxylation is 1. The lowest BCUT2D eigenvalue weighted by Crippen LogP contribution is -2.40. The molecular weight excluding hydrogens is 272 g/mol. The molecule has 0 spiro atoms. The predicted molar refractivity (Wildman–Crippen MR) is 81.9 cm³/mol. The van der Waals surface area contributed by atoms with E-state index in [9.17, 15) is 9.90 Å². The van der Waals surface area contributed by atoms with Gasteiger partial charge in [-0.1, -0.05) is 0 Å². The number of hydrogen-bond donors (Lipinski definition) is 1. The van der Waals surface area contributed by atoms with Crippen LogP contribution in [-0.2, 0) is 4.79 Å². The molecule has 2 heterocycles. The van der Waals surface area contributed by atoms with E-state index < -0.39 is 6.10 Å². The summed E-state index contributed by atoms with van der Waals surface area (Å²) >= 11 is 1.80. The molecule has 1 fully saturated rings. The van der Waals surface area contributed by atoms with Crippen molar-refractivity contribution in [3.63, 3.8) is 0 Å². The van der Waals surface area contributed by atoms with Gasteiger partial charge in [0.2, 0.25) is 5.91 Å². The van der Waals surface area contributed by atoms with Crippen LogP contribution < -0.4 is 0 Å². The van der Waals surface area contributed by atoms with E-state index in [1.54, 1.807) is 16.2 Å². The minimum absolute atomic E-state index is 0.175. The number of carbonyl (C=O) groups is 1. The van der Waals surface area contributed by atoms with Gasteiger partial charge < -0.3 is 10.0 Å². The Kier molecular flexibility index (Phi) is 5.18. The normalized spacial score (nSPS) is 18.9. The Balaban J connectivity index is 1.83. The largest absolute Gasteiger partial charge is 0.390 e. The molecule has 1 amide bonds. The summed E-state index contributed by atoms with van der Waals surface area (Å²) in [6.07, 6.45) is 1.07. The summed E-state index contributed by atoms with van der Waals surface area (Å²) in [5, 5.41) is 10.2. The fourth-order valence-electron chi connectivity index (χ4n) is 2.59. The average Bonchev–Trinajstić information content (AvgIpc) is 2.98. The zero-order valence-corrected chi connectivity index (χ0v) is 13.3. The fraction of sp³-hybridized carbons (Fsp3) is 0.667. The second kappa shape index (κ2) is 6.70. The van der Waals surface area contributed by atoms with E-state index in [1.165, 1.54) is 9.75 Å². The molecule has 0 aromatic carbocycles. The van der Waals surface area contributed by atoms with Crippen LogP contribution in [0, 0.1) is 6.92 Å². The van der Waals surface area contributed by atoms with Gasteiger partial charge in [0.15, 0.2) is 0 Å². The first-order valence-electron chi connectivity index (χ1n) is 7.20. The Morgan fingerprint density at radius 2 is 2.25 bits per heavy atom. The molecule has 0 unspecified atom stereocenters. The first-order valence-corrected chi connectivity index (χ1v) is 8.01. The Labute approximate surface area is 125 Å². The van der Waals surface area contributed by atoms with Crippen molar-refractivity contribution < 1.29 is 9.90 Å². The van der Waals surface area contributed by atoms with Crippen LogP contribution in [-0.4, -0.2) is 53.6 Å². The van der Waals surface area contributed by atoms with Crippen LogP contribution in [0.2, 0.25) is 0 Å². The van der Waals surface area contributed by atoms with Gasteiger partial charge in [-0.25, -0.2) is 0 Å². The quantitative estimate of drug-likeness (QED) is 0.873. The van der Waals surface area contributed by atoms with Crippen molar-refractivity contribution in [3.8, 4) is 0 Å². The number of amides is 1. The average molecular weight is 296 g/mol. The van der Waals surface area contributed by atoms with Gasteiger partial charge in [0.25, 0.3) is 0 Å². The molecular formula is C15H24N2O2S. The lowest BCUT2D eigenvalue weighted by Gasteiger charge is -2.28. The van der Waals surface area contributed by atoms with Gasteiger partial charge in [0, 0.05) is 41.9 Å². The van der Waals surface area contributed by atoms with Crippen molar-refractivity contribution in [1.29, 1.82) is 0 Å². The maximum absolute atomic E-state index is 11.6. The highest BCUT2D eigenvalue weighted by molar-refractivity contribution is 7.12. The van der Waals surface area contributed by atoms with Crippen LogP contribution in [0.1, 0.15) is 35.6 Å². The number of carbonyl (C=O) groups excluding carboxylic acids is 1. The molecule has 1 aromatic rings. The van der Waals surface area contributed by atoms with Crippen molar-refractivity contribution in [1.82, 2.24) is 9.80 Å². The summed E-state index contributed by atoms with van der Waals surface area (Å²) < 4.78 is 0. The number of thiophene rings is 1. The van der Waals surface area contributed by atoms with Crippen LogP contribution in [0.4, 0.5) is 0 Å². The number of β-amino-alcohol motifs (C(OH)–C–C–N with tert-alkyl or cyclic N) is 1. The number of hydrogen-bond acceptors (Lipinski definition) is 4. The summed E-state index contributed by atoms with van der Waals surface area (Å²) in [5.41, 5.74) is 0. The fourth-order valence-corrected chi connectivity index (χ4v) is 3.59. The SMILES string of the molecule is Cc1ccc([C@@H](C)N(C)C[C@H](O)CN2CCCC2=O)s1. The smallest absolute Gasteiger partial charge is 0.222 e. The van der Waals surface area contributed by atoms with E-state index in [-0.39, 0.29) is 11.9 Å². The molecule has 1 aliphatic rings. The van der Waals surface area contributed by atoms with E-state index in [2.05, 4.69) is 30.9 Å². The van der Waals surface area contributed by atoms with E-state index in [0.29, 0.717) is 19.5 Å². The Morgan fingerprint density at radius 3 is 2.80 bits per heavy atom. The number of likely N-dealkylation sites (N-methyl/N-ethyl adjacent to an activating group) is 1. The lowest BCUT2D eigenvalue weighted by molar-refractivity contribution is -0.129. The molecule has 2 rings (SSSR count). The first-order chi connectivity index (χ1) is 9.47. The van der Waals surface area contributed by atoms with Crippen molar-refractivity contribution >= 4 is 17.2 Å². The molecule has 112 valence electrons. The zero-order valence-electron chi connectivity index (χ0n) is 12.5. The van der Waals surface area contributed by atoms with Gasteiger partial charge in [-0.3, -0.25) is 9.69 Å². The summed E-state index contributed by atoms with van der Waals surface area (Å²) in [4.78, 5) is 18.1. The minimum Gasteiger partial charge on any atom is -0.390 e. The van der Waals surface area contributed by atoms with E-state index in [1.807, 2.05) is 7.05 Å². The highest BCUT2D eigenvalue weighted by Crippen LogP contribution is 2.26. The van der Waals surface area contributed by atoms with Gasteiger partial charge in [-0.05, 0) is 39.4 Å². The van der Waals surface area contributed by atoms with Gasteiger partial charge in [0.1, 0.15) is 0 Å². The number of likely N-dealkylation sites (tertiary alicyclic amines) is 1. The maximum Gasteiger partial charge on any atom is 0.222 e. The monoisotopic (exact) mass is 296 g/mol. The van der Waals surface area contributed by atoms with Gasteiger partial charge >= 0.3 is 0 Å². The van der Waals surface area contributed by atoms with Crippen LogP contribution >= 0.6 is 11.3 Å². The summed E-state index contributed by atoms with van der Waals surface area (Å²) in [6, 6.07) is 4.57. The van der Waals surface area contributed by atoms with Crippen molar-refractivity contribution in [3.05, 3.63) is 21.9 Å². The molecule has 0 radical (unpaired) electrons. The maximum atomic E-state index is 11.6. The molecule has 1 N–H and O–H groups in total. The van der Waals surface area contributed by atoms with Gasteiger partial charge in [-0.15, -0.1) is 11.3 Å². The third-order valence-corrected chi connectivity index (χ3v) is 5.11. The molecule has 0 bridgehead atoms. The standard InChI is InChI=1S/C15H24N2O2S/c1-11-6-7-14(20-11)12(2)16(3)9-13(18)10-17-8-4-5-15(17)19/h6-7,12-13,18H,4-5,8-10H2,1-3H3/t12-,13+/m1/s1. The number of aliphatic hydroxyl groups excluding tert-OH is 1. The minimum atomic E-state index is -0.481. The molecule has 0 saturated carbocycles. The molecule has 1 aliphatic heterocycles. The van der Waals surface area contributed by atoms with Crippen molar-refractivity contribution in [2.45, 2.75) is 38.8 Å². The predicted octanol–water partition coefficient (Wildman–Crippen LogP) is 2.03. The molecule has 0 aliphatic carbocycles. The Hall–Kier alpha value is -0.910. The van der Waals surface area contributed by atoms with Crippen LogP contribution in [0.25, 0.3) is 0 Å². The van der Waals surface area contributed by atoms with Crippen LogP contribution in [0.15, 0.2) is 12.1 Å². The molecule has 4 nitrogen and oxygen atoms in total. The van der Waals surface area contributed by atoms with Crippen LogP contribution in [0.3, 0.4) is 0 Å². The number of aliphatic hydroxyl groups is 1. The van der Waals surface area contributed by atoms with Gasteiger partial charge in [-0.2, -0.15) is 0 Å². The molecule has 20 heavy (non-hydrogen) atoms. The molecule has 1 saturated heterocycles. The molecule has 1 aromatic heterocycles. The second-order valence-electron chi connectivity index (χ2n) is 5.66. The zero-order chi connectivity index (χ0) is 14.7. The van der Waals surface area contributed by atoms with Gasteiger partial charge in [0.05, 0.1) is 6.10 Å². The number of rotatable bonds is 6. The summed E-state index contributed by atoms with van der Waals surface area (Å²) in [5.74, 6) is 0.175. The third kappa shape index (κ3) is 3.81. The summed E-state index contributed by atoms with van der Waals surface area (Å²) in [7, 11) is 2.02. The van der Waals surface area contributed by atoms with Crippen LogP contribution in [0.5, 0.6) is 0 Å². The lowest BCUT2D eigenvalue weighted by atomic mass is 10.2. The van der Waals surface area contributed by atoms with Crippen molar-refractivity contribution in [2.24, 2.45) is 0 Å². The summed E-state index contributed by atoms with van der Waals surface area (Å²) in [6.45, 7) is 6.09. The third-order valence-electron chi connectivity index (χ3n) is 3.94. The highest BCUT2D eigenvalue weighted by Gasteiger charge is 2.24. The highest BCUT2D eigenvalue weighted by atomic mass is 32.1. The van der Waals surface area contributed by atoms with E-state index >= 15 is 0 Å². The Morgan fingerprint density at radius 1 is 1.50 bits per heavy atom. The number of nitrogens with zero attached hydrogens (tertiary/aromatic N) is 2.